The van der Waals surface area contributed by atoms with Crippen molar-refractivity contribution in [1.82, 2.24) is 9.78 Å². The summed E-state index contributed by atoms with van der Waals surface area (Å²) in [7, 11) is 1.65. The van der Waals surface area contributed by atoms with Crippen LogP contribution in [0.1, 0.15) is 29.7 Å². The number of carbonyl (C=O) groups excluding carboxylic acids is 1. The third-order valence-electron chi connectivity index (χ3n) is 4.40. The fraction of sp³-hybridized carbons (Fsp3) is 0.238. The third-order valence-corrected chi connectivity index (χ3v) is 4.40. The van der Waals surface area contributed by atoms with Gasteiger partial charge in [-0.3, -0.25) is 9.48 Å². The normalized spacial score (nSPS) is 12.0. The molecule has 1 amide bonds. The maximum atomic E-state index is 13.3. The van der Waals surface area contributed by atoms with Crippen molar-refractivity contribution in [2.75, 3.05) is 12.4 Å². The lowest BCUT2D eigenvalue weighted by Gasteiger charge is -2.10. The van der Waals surface area contributed by atoms with Crippen LogP contribution in [-0.4, -0.2) is 22.8 Å². The Morgan fingerprint density at radius 2 is 1.82 bits per heavy atom. The smallest absolute Gasteiger partial charge is 0.229 e. The van der Waals surface area contributed by atoms with Crippen LogP contribution in [0.2, 0.25) is 0 Å². The summed E-state index contributed by atoms with van der Waals surface area (Å²) in [5.74, 6) is -1.58. The summed E-state index contributed by atoms with van der Waals surface area (Å²) in [5.41, 5.74) is 2.50. The zero-order chi connectivity index (χ0) is 20.1. The summed E-state index contributed by atoms with van der Waals surface area (Å²) >= 11 is 0. The Balaban J connectivity index is 1.57. The van der Waals surface area contributed by atoms with E-state index >= 15 is 0 Å². The summed E-state index contributed by atoms with van der Waals surface area (Å²) in [5, 5.41) is 6.98. The van der Waals surface area contributed by atoms with Gasteiger partial charge < -0.3 is 10.1 Å². The van der Waals surface area contributed by atoms with Crippen LogP contribution in [0, 0.1) is 11.6 Å². The SMILES string of the molecule is CO[C@H](C)c1ccc(CC(=O)Nc2ccn(Cc3ccc(F)c(F)c3)n2)cc1. The highest BCUT2D eigenvalue weighted by Crippen LogP contribution is 2.17. The number of nitrogens with one attached hydrogen (secondary N) is 1. The number of methoxy groups -OCH3 is 1. The van der Waals surface area contributed by atoms with E-state index in [2.05, 4.69) is 10.4 Å². The van der Waals surface area contributed by atoms with Gasteiger partial charge in [-0.15, -0.1) is 0 Å². The molecule has 7 heteroatoms. The van der Waals surface area contributed by atoms with Crippen molar-refractivity contribution in [3.8, 4) is 0 Å². The van der Waals surface area contributed by atoms with Gasteiger partial charge in [0.2, 0.25) is 5.91 Å². The van der Waals surface area contributed by atoms with Crippen molar-refractivity contribution < 1.29 is 18.3 Å². The molecule has 1 N–H and O–H groups in total. The molecule has 0 bridgehead atoms. The van der Waals surface area contributed by atoms with Gasteiger partial charge in [0.25, 0.3) is 0 Å². The van der Waals surface area contributed by atoms with Gasteiger partial charge in [-0.05, 0) is 35.7 Å². The van der Waals surface area contributed by atoms with Crippen molar-refractivity contribution in [3.05, 3.63) is 83.1 Å². The molecule has 1 atom stereocenters. The standard InChI is InChI=1S/C21H21F2N3O2/c1-14(28-2)17-6-3-15(4-7-17)12-21(27)24-20-9-10-26(25-20)13-16-5-8-18(22)19(23)11-16/h3-11,14H,12-13H2,1-2H3,(H,24,25,27)/t14-/m1/s1. The van der Waals surface area contributed by atoms with Crippen LogP contribution in [0.5, 0.6) is 0 Å². The topological polar surface area (TPSA) is 56.1 Å². The number of rotatable bonds is 7. The second-order valence-electron chi connectivity index (χ2n) is 6.49. The second-order valence-corrected chi connectivity index (χ2v) is 6.49. The number of halogens is 2. The summed E-state index contributed by atoms with van der Waals surface area (Å²) in [4.78, 5) is 12.2. The summed E-state index contributed by atoms with van der Waals surface area (Å²) in [6.07, 6.45) is 1.89. The van der Waals surface area contributed by atoms with Gasteiger partial charge in [-0.25, -0.2) is 8.78 Å². The van der Waals surface area contributed by atoms with Gasteiger partial charge in [0.05, 0.1) is 19.1 Å². The van der Waals surface area contributed by atoms with Crippen molar-refractivity contribution in [1.29, 1.82) is 0 Å². The molecule has 0 saturated heterocycles. The van der Waals surface area contributed by atoms with E-state index in [1.165, 1.54) is 6.07 Å². The molecular formula is C21H21F2N3O2. The number of ether oxygens (including phenoxy) is 1. The van der Waals surface area contributed by atoms with E-state index in [1.807, 2.05) is 31.2 Å². The minimum atomic E-state index is -0.899. The van der Waals surface area contributed by atoms with Gasteiger partial charge in [-0.2, -0.15) is 5.10 Å². The molecule has 3 rings (SSSR count). The quantitative estimate of drug-likeness (QED) is 0.666. The molecule has 0 aliphatic heterocycles. The van der Waals surface area contributed by atoms with E-state index in [0.29, 0.717) is 11.4 Å². The molecule has 1 heterocycles. The Labute approximate surface area is 161 Å². The maximum absolute atomic E-state index is 13.3. The van der Waals surface area contributed by atoms with Gasteiger partial charge in [0.15, 0.2) is 17.5 Å². The second kappa shape index (κ2) is 8.75. The molecule has 1 aromatic heterocycles. The average Bonchev–Trinajstić information content (AvgIpc) is 3.11. The van der Waals surface area contributed by atoms with Crippen LogP contribution < -0.4 is 5.32 Å². The lowest BCUT2D eigenvalue weighted by Crippen LogP contribution is -2.15. The zero-order valence-electron chi connectivity index (χ0n) is 15.7. The minimum absolute atomic E-state index is 0.00132. The Morgan fingerprint density at radius 3 is 2.50 bits per heavy atom. The number of carbonyl (C=O) groups is 1. The fourth-order valence-corrected chi connectivity index (χ4v) is 2.76. The first-order chi connectivity index (χ1) is 13.4. The molecule has 0 unspecified atom stereocenters. The number of aromatic nitrogens is 2. The van der Waals surface area contributed by atoms with Crippen LogP contribution in [0.25, 0.3) is 0 Å². The van der Waals surface area contributed by atoms with Crippen molar-refractivity contribution in [2.24, 2.45) is 0 Å². The van der Waals surface area contributed by atoms with E-state index < -0.39 is 11.6 Å². The summed E-state index contributed by atoms with van der Waals surface area (Å²) in [6.45, 7) is 2.23. The number of nitrogens with zero attached hydrogens (tertiary/aromatic N) is 2. The first-order valence-electron chi connectivity index (χ1n) is 8.83. The molecule has 2 aromatic carbocycles. The Kier molecular flexibility index (Phi) is 6.16. The first-order valence-corrected chi connectivity index (χ1v) is 8.83. The molecule has 0 spiro atoms. The first kappa shape index (κ1) is 19.7. The number of amides is 1. The highest BCUT2D eigenvalue weighted by Gasteiger charge is 2.09. The van der Waals surface area contributed by atoms with Crippen LogP contribution in [0.3, 0.4) is 0 Å². The molecule has 146 valence electrons. The van der Waals surface area contributed by atoms with Crippen LogP contribution in [0.15, 0.2) is 54.7 Å². The number of hydrogen-bond acceptors (Lipinski definition) is 3. The van der Waals surface area contributed by atoms with Gasteiger partial charge in [-0.1, -0.05) is 30.3 Å². The van der Waals surface area contributed by atoms with E-state index in [1.54, 1.807) is 24.1 Å². The fourth-order valence-electron chi connectivity index (χ4n) is 2.76. The highest BCUT2D eigenvalue weighted by molar-refractivity contribution is 5.91. The lowest BCUT2D eigenvalue weighted by atomic mass is 10.1. The van der Waals surface area contributed by atoms with E-state index in [0.717, 1.165) is 23.3 Å². The Hall–Kier alpha value is -3.06. The Morgan fingerprint density at radius 1 is 1.11 bits per heavy atom. The molecule has 0 aliphatic carbocycles. The number of benzene rings is 2. The summed E-state index contributed by atoms with van der Waals surface area (Å²) in [6, 6.07) is 13.0. The maximum Gasteiger partial charge on any atom is 0.229 e. The average molecular weight is 385 g/mol. The Bertz CT molecular complexity index is 955. The van der Waals surface area contributed by atoms with E-state index in [9.17, 15) is 13.6 Å². The molecule has 3 aromatic rings. The van der Waals surface area contributed by atoms with Crippen LogP contribution in [0.4, 0.5) is 14.6 Å². The van der Waals surface area contributed by atoms with Gasteiger partial charge >= 0.3 is 0 Å². The molecular weight excluding hydrogens is 364 g/mol. The summed E-state index contributed by atoms with van der Waals surface area (Å²) < 4.78 is 33.1. The molecule has 0 radical (unpaired) electrons. The van der Waals surface area contributed by atoms with Crippen molar-refractivity contribution in [3.63, 3.8) is 0 Å². The van der Waals surface area contributed by atoms with Gasteiger partial charge in [0.1, 0.15) is 0 Å². The van der Waals surface area contributed by atoms with Gasteiger partial charge in [0, 0.05) is 19.4 Å². The molecule has 0 fully saturated rings. The number of hydrogen-bond donors (Lipinski definition) is 1. The third kappa shape index (κ3) is 5.01. The monoisotopic (exact) mass is 385 g/mol. The van der Waals surface area contributed by atoms with Crippen molar-refractivity contribution >= 4 is 11.7 Å². The molecule has 0 saturated carbocycles. The molecule has 5 nitrogen and oxygen atoms in total. The predicted octanol–water partition coefficient (Wildman–Crippen LogP) is 4.10. The highest BCUT2D eigenvalue weighted by atomic mass is 19.2. The van der Waals surface area contributed by atoms with E-state index in [-0.39, 0.29) is 25.0 Å². The van der Waals surface area contributed by atoms with Crippen molar-refractivity contribution in [2.45, 2.75) is 26.0 Å². The van der Waals surface area contributed by atoms with E-state index in [4.69, 9.17) is 4.74 Å². The largest absolute Gasteiger partial charge is 0.377 e. The zero-order valence-corrected chi connectivity index (χ0v) is 15.7. The van der Waals surface area contributed by atoms with Crippen LogP contribution in [-0.2, 0) is 22.5 Å². The molecule has 0 aliphatic rings. The molecule has 28 heavy (non-hydrogen) atoms. The lowest BCUT2D eigenvalue weighted by molar-refractivity contribution is -0.115. The predicted molar refractivity (Wildman–Crippen MR) is 102 cm³/mol. The number of anilines is 1. The van der Waals surface area contributed by atoms with Crippen LogP contribution >= 0.6 is 0 Å². The minimum Gasteiger partial charge on any atom is -0.377 e.